The number of carbonyl (C=O) groups is 1. The Morgan fingerprint density at radius 1 is 1.17 bits per heavy atom. The van der Waals surface area contributed by atoms with Crippen molar-refractivity contribution in [1.29, 1.82) is 0 Å². The lowest BCUT2D eigenvalue weighted by Crippen LogP contribution is -2.45. The molecule has 1 unspecified atom stereocenters. The number of carbonyl (C=O) groups excluding carboxylic acids is 1. The summed E-state index contributed by atoms with van der Waals surface area (Å²) in [4.78, 5) is 14.5. The molecule has 0 aromatic heterocycles. The number of hydrogen-bond acceptors (Lipinski definition) is 4. The van der Waals surface area contributed by atoms with Crippen molar-refractivity contribution in [3.05, 3.63) is 12.1 Å². The van der Waals surface area contributed by atoms with Crippen LogP contribution < -0.4 is 19.5 Å². The maximum Gasteiger partial charge on any atom is 0.322 e. The van der Waals surface area contributed by atoms with Crippen molar-refractivity contribution in [1.82, 2.24) is 4.90 Å². The monoisotopic (exact) mass is 322 g/mol. The minimum Gasteiger partial charge on any atom is -0.493 e. The minimum absolute atomic E-state index is 0.0779. The summed E-state index contributed by atoms with van der Waals surface area (Å²) in [7, 11) is 4.67. The number of nitrogens with zero attached hydrogens (tertiary/aromatic N) is 1. The molecule has 1 aliphatic heterocycles. The number of piperidine rings is 1. The highest BCUT2D eigenvalue weighted by Gasteiger charge is 2.25. The molecule has 1 atom stereocenters. The molecular formula is C17H26N2O4. The molecule has 1 N–H and O–H groups in total. The van der Waals surface area contributed by atoms with Crippen LogP contribution >= 0.6 is 0 Å². The Bertz CT molecular complexity index is 522. The van der Waals surface area contributed by atoms with Gasteiger partial charge in [-0.2, -0.15) is 0 Å². The van der Waals surface area contributed by atoms with Crippen LogP contribution in [0.1, 0.15) is 32.6 Å². The average Bonchev–Trinajstić information content (AvgIpc) is 2.60. The van der Waals surface area contributed by atoms with E-state index in [1.54, 1.807) is 33.5 Å². The molecule has 6 heteroatoms. The molecule has 0 spiro atoms. The molecule has 23 heavy (non-hydrogen) atoms. The number of urea groups is 1. The molecule has 0 aliphatic carbocycles. The lowest BCUT2D eigenvalue weighted by molar-refractivity contribution is 0.160. The first-order valence-corrected chi connectivity index (χ1v) is 8.02. The molecule has 1 heterocycles. The highest BCUT2D eigenvalue weighted by atomic mass is 16.5. The van der Waals surface area contributed by atoms with Gasteiger partial charge in [-0.1, -0.05) is 6.92 Å². The van der Waals surface area contributed by atoms with Crippen LogP contribution in [0.15, 0.2) is 12.1 Å². The molecule has 1 aromatic rings. The average molecular weight is 322 g/mol. The molecule has 0 radical (unpaired) electrons. The van der Waals surface area contributed by atoms with Gasteiger partial charge in [-0.3, -0.25) is 0 Å². The van der Waals surface area contributed by atoms with Crippen molar-refractivity contribution in [2.45, 2.75) is 38.6 Å². The standard InChI is InChI=1S/C17H26N2O4/c1-5-13-8-6-7-9-19(13)17(20)18-12-10-14(21-2)16(23-4)15(11-12)22-3/h10-11,13H,5-9H2,1-4H3,(H,18,20). The summed E-state index contributed by atoms with van der Waals surface area (Å²) < 4.78 is 15.9. The minimum atomic E-state index is -0.0779. The Hall–Kier alpha value is -2.11. The van der Waals surface area contributed by atoms with E-state index < -0.39 is 0 Å². The van der Waals surface area contributed by atoms with Crippen LogP contribution in [0.2, 0.25) is 0 Å². The lowest BCUT2D eigenvalue weighted by atomic mass is 10.0. The molecule has 2 amide bonds. The second-order valence-electron chi connectivity index (χ2n) is 5.60. The third-order valence-corrected chi connectivity index (χ3v) is 4.28. The smallest absolute Gasteiger partial charge is 0.322 e. The molecule has 128 valence electrons. The Morgan fingerprint density at radius 3 is 2.35 bits per heavy atom. The van der Waals surface area contributed by atoms with Gasteiger partial charge in [-0.05, 0) is 25.7 Å². The Labute approximate surface area is 137 Å². The first-order valence-electron chi connectivity index (χ1n) is 8.02. The van der Waals surface area contributed by atoms with Crippen molar-refractivity contribution in [3.8, 4) is 17.2 Å². The predicted molar refractivity (Wildman–Crippen MR) is 89.8 cm³/mol. The van der Waals surface area contributed by atoms with Crippen LogP contribution in [0.4, 0.5) is 10.5 Å². The van der Waals surface area contributed by atoms with E-state index in [0.29, 0.717) is 29.0 Å². The third kappa shape index (κ3) is 3.81. The highest BCUT2D eigenvalue weighted by molar-refractivity contribution is 5.90. The number of amides is 2. The van der Waals surface area contributed by atoms with Crippen molar-refractivity contribution >= 4 is 11.7 Å². The van der Waals surface area contributed by atoms with Crippen molar-refractivity contribution in [2.75, 3.05) is 33.2 Å². The number of ether oxygens (including phenoxy) is 3. The van der Waals surface area contributed by atoms with Gasteiger partial charge in [0.1, 0.15) is 0 Å². The summed E-state index contributed by atoms with van der Waals surface area (Å²) in [6.45, 7) is 2.92. The largest absolute Gasteiger partial charge is 0.493 e. The second-order valence-corrected chi connectivity index (χ2v) is 5.60. The van der Waals surface area contributed by atoms with E-state index in [0.717, 1.165) is 25.8 Å². The molecule has 1 aromatic carbocycles. The SMILES string of the molecule is CCC1CCCCN1C(=O)Nc1cc(OC)c(OC)c(OC)c1. The van der Waals surface area contributed by atoms with Crippen LogP contribution in [-0.4, -0.2) is 44.8 Å². The van der Waals surface area contributed by atoms with E-state index >= 15 is 0 Å². The zero-order valence-electron chi connectivity index (χ0n) is 14.3. The summed E-state index contributed by atoms with van der Waals surface area (Å²) in [5.41, 5.74) is 0.630. The van der Waals surface area contributed by atoms with Gasteiger partial charge in [0.25, 0.3) is 0 Å². The van der Waals surface area contributed by atoms with Gasteiger partial charge < -0.3 is 24.4 Å². The van der Waals surface area contributed by atoms with Crippen LogP contribution in [0.25, 0.3) is 0 Å². The van der Waals surface area contributed by atoms with Crippen molar-refractivity contribution in [2.24, 2.45) is 0 Å². The van der Waals surface area contributed by atoms with Crippen LogP contribution in [0.3, 0.4) is 0 Å². The zero-order chi connectivity index (χ0) is 16.8. The fraction of sp³-hybridized carbons (Fsp3) is 0.588. The summed E-state index contributed by atoms with van der Waals surface area (Å²) >= 11 is 0. The molecule has 2 rings (SSSR count). The number of anilines is 1. The molecule has 0 saturated carbocycles. The van der Waals surface area contributed by atoms with E-state index in [1.807, 2.05) is 4.90 Å². The van der Waals surface area contributed by atoms with Gasteiger partial charge in [0.15, 0.2) is 11.5 Å². The van der Waals surface area contributed by atoms with Crippen LogP contribution in [0, 0.1) is 0 Å². The maximum atomic E-state index is 12.6. The van der Waals surface area contributed by atoms with Gasteiger partial charge in [0.05, 0.1) is 27.0 Å². The van der Waals surface area contributed by atoms with Gasteiger partial charge in [-0.25, -0.2) is 4.79 Å². The summed E-state index contributed by atoms with van der Waals surface area (Å²) in [5, 5.41) is 2.95. The van der Waals surface area contributed by atoms with E-state index in [-0.39, 0.29) is 6.03 Å². The Balaban J connectivity index is 2.20. The second kappa shape index (κ2) is 7.94. The predicted octanol–water partition coefficient (Wildman–Crippen LogP) is 3.51. The third-order valence-electron chi connectivity index (χ3n) is 4.28. The molecule has 0 bridgehead atoms. The molecule has 1 saturated heterocycles. The maximum absolute atomic E-state index is 12.6. The quantitative estimate of drug-likeness (QED) is 0.901. The molecule has 1 aliphatic rings. The Morgan fingerprint density at radius 2 is 1.83 bits per heavy atom. The molecule has 6 nitrogen and oxygen atoms in total. The highest BCUT2D eigenvalue weighted by Crippen LogP contribution is 2.40. The van der Waals surface area contributed by atoms with Crippen LogP contribution in [-0.2, 0) is 0 Å². The number of hydrogen-bond donors (Lipinski definition) is 1. The number of benzene rings is 1. The first-order chi connectivity index (χ1) is 11.1. The van der Waals surface area contributed by atoms with Crippen molar-refractivity contribution < 1.29 is 19.0 Å². The fourth-order valence-corrected chi connectivity index (χ4v) is 3.04. The lowest BCUT2D eigenvalue weighted by Gasteiger charge is -2.35. The number of nitrogens with one attached hydrogen (secondary N) is 1. The van der Waals surface area contributed by atoms with Gasteiger partial charge in [-0.15, -0.1) is 0 Å². The Kier molecular flexibility index (Phi) is 5.96. The molecular weight excluding hydrogens is 296 g/mol. The van der Waals surface area contributed by atoms with Gasteiger partial charge in [0, 0.05) is 24.7 Å². The van der Waals surface area contributed by atoms with E-state index in [1.165, 1.54) is 6.42 Å². The zero-order valence-corrected chi connectivity index (χ0v) is 14.3. The van der Waals surface area contributed by atoms with E-state index in [4.69, 9.17) is 14.2 Å². The van der Waals surface area contributed by atoms with Gasteiger partial charge in [0.2, 0.25) is 5.75 Å². The summed E-state index contributed by atoms with van der Waals surface area (Å²) in [6, 6.07) is 3.71. The fourth-order valence-electron chi connectivity index (χ4n) is 3.04. The number of likely N-dealkylation sites (tertiary alicyclic amines) is 1. The first kappa shape index (κ1) is 17.2. The normalized spacial score (nSPS) is 17.6. The van der Waals surface area contributed by atoms with Crippen LogP contribution in [0.5, 0.6) is 17.2 Å². The van der Waals surface area contributed by atoms with Crippen molar-refractivity contribution in [3.63, 3.8) is 0 Å². The van der Waals surface area contributed by atoms with E-state index in [2.05, 4.69) is 12.2 Å². The number of rotatable bonds is 5. The van der Waals surface area contributed by atoms with Gasteiger partial charge >= 0.3 is 6.03 Å². The summed E-state index contributed by atoms with van der Waals surface area (Å²) in [5.74, 6) is 1.55. The topological polar surface area (TPSA) is 60.0 Å². The summed E-state index contributed by atoms with van der Waals surface area (Å²) in [6.07, 6.45) is 4.29. The number of methoxy groups -OCH3 is 3. The van der Waals surface area contributed by atoms with E-state index in [9.17, 15) is 4.79 Å². The molecule has 1 fully saturated rings.